The molecule has 0 fully saturated rings. The van der Waals surface area contributed by atoms with Crippen LogP contribution in [0.15, 0.2) is 11.5 Å². The van der Waals surface area contributed by atoms with Crippen LogP contribution in [0.2, 0.25) is 0 Å². The van der Waals surface area contributed by atoms with E-state index in [0.717, 1.165) is 0 Å². The van der Waals surface area contributed by atoms with Gasteiger partial charge in [0.1, 0.15) is 12.4 Å². The van der Waals surface area contributed by atoms with Crippen LogP contribution < -0.4 is 0 Å². The number of aliphatic hydroxyl groups is 3. The summed E-state index contributed by atoms with van der Waals surface area (Å²) in [4.78, 5) is 0. The molecule has 0 spiro atoms. The molecule has 0 saturated heterocycles. The highest BCUT2D eigenvalue weighted by molar-refractivity contribution is 5.07. The lowest BCUT2D eigenvalue weighted by molar-refractivity contribution is -0.0398. The van der Waals surface area contributed by atoms with Crippen LogP contribution in [0.1, 0.15) is 6.92 Å². The molecule has 0 aliphatic carbocycles. The first kappa shape index (κ1) is 8.36. The zero-order valence-electron chi connectivity index (χ0n) is 6.32. The van der Waals surface area contributed by atoms with E-state index in [2.05, 4.69) is 0 Å². The van der Waals surface area contributed by atoms with Crippen molar-refractivity contribution in [1.82, 2.24) is 0 Å². The second kappa shape index (κ2) is 3.11. The number of aliphatic hydroxyl groups excluding tert-OH is 3. The lowest BCUT2D eigenvalue weighted by atomic mass is 10.00. The molecule has 64 valence electrons. The van der Waals surface area contributed by atoms with Gasteiger partial charge in [-0.2, -0.15) is 0 Å². The van der Waals surface area contributed by atoms with E-state index in [1.807, 2.05) is 0 Å². The van der Waals surface area contributed by atoms with E-state index in [9.17, 15) is 5.11 Å². The molecular weight excluding hydrogens is 148 g/mol. The SMILES string of the molecule is C[C@H]1C(O)=C(O)CO[C@@H]1CO. The van der Waals surface area contributed by atoms with Gasteiger partial charge in [0.05, 0.1) is 12.7 Å². The topological polar surface area (TPSA) is 69.9 Å². The van der Waals surface area contributed by atoms with E-state index in [0.29, 0.717) is 0 Å². The first-order valence-electron chi connectivity index (χ1n) is 3.50. The average Bonchev–Trinajstić information content (AvgIpc) is 2.01. The molecule has 0 radical (unpaired) electrons. The maximum atomic E-state index is 9.19. The van der Waals surface area contributed by atoms with Crippen molar-refractivity contribution in [1.29, 1.82) is 0 Å². The second-order valence-electron chi connectivity index (χ2n) is 2.65. The largest absolute Gasteiger partial charge is 0.508 e. The monoisotopic (exact) mass is 160 g/mol. The van der Waals surface area contributed by atoms with E-state index in [1.54, 1.807) is 6.92 Å². The van der Waals surface area contributed by atoms with E-state index < -0.39 is 6.10 Å². The molecule has 0 aromatic rings. The zero-order valence-corrected chi connectivity index (χ0v) is 6.32. The van der Waals surface area contributed by atoms with Crippen LogP contribution >= 0.6 is 0 Å². The van der Waals surface area contributed by atoms with Crippen molar-refractivity contribution in [3.63, 3.8) is 0 Å². The lowest BCUT2D eigenvalue weighted by Gasteiger charge is -2.26. The molecule has 0 amide bonds. The van der Waals surface area contributed by atoms with Gasteiger partial charge >= 0.3 is 0 Å². The predicted octanol–water partition coefficient (Wildman–Crippen LogP) is 0.341. The summed E-state index contributed by atoms with van der Waals surface area (Å²) in [7, 11) is 0. The summed E-state index contributed by atoms with van der Waals surface area (Å²) in [6.07, 6.45) is -0.397. The fraction of sp³-hybridized carbons (Fsp3) is 0.714. The van der Waals surface area contributed by atoms with E-state index >= 15 is 0 Å². The minimum atomic E-state index is -0.397. The normalized spacial score (nSPS) is 32.5. The Balaban J connectivity index is 2.73. The van der Waals surface area contributed by atoms with Gasteiger partial charge < -0.3 is 20.1 Å². The van der Waals surface area contributed by atoms with Crippen LogP contribution in [-0.2, 0) is 4.74 Å². The molecule has 3 N–H and O–H groups in total. The summed E-state index contributed by atoms with van der Waals surface area (Å²) in [6, 6.07) is 0. The molecule has 2 atom stereocenters. The maximum Gasteiger partial charge on any atom is 0.156 e. The first-order valence-corrected chi connectivity index (χ1v) is 3.50. The fourth-order valence-corrected chi connectivity index (χ4v) is 1.05. The third-order valence-corrected chi connectivity index (χ3v) is 1.90. The van der Waals surface area contributed by atoms with Crippen LogP contribution in [-0.4, -0.2) is 34.6 Å². The minimum absolute atomic E-state index is 0.0125. The van der Waals surface area contributed by atoms with E-state index in [4.69, 9.17) is 14.9 Å². The molecule has 4 heteroatoms. The van der Waals surface area contributed by atoms with Gasteiger partial charge in [0, 0.05) is 5.92 Å². The molecule has 0 aromatic carbocycles. The molecule has 1 aliphatic rings. The summed E-state index contributed by atoms with van der Waals surface area (Å²) in [6.45, 7) is 1.53. The smallest absolute Gasteiger partial charge is 0.156 e. The summed E-state index contributed by atoms with van der Waals surface area (Å²) < 4.78 is 5.00. The Bertz CT molecular complexity index is 175. The average molecular weight is 160 g/mol. The molecule has 1 heterocycles. The molecule has 0 unspecified atom stereocenters. The van der Waals surface area contributed by atoms with Gasteiger partial charge in [-0.15, -0.1) is 0 Å². The van der Waals surface area contributed by atoms with Crippen molar-refractivity contribution in [3.05, 3.63) is 11.5 Å². The van der Waals surface area contributed by atoms with Gasteiger partial charge in [0.2, 0.25) is 0 Å². The second-order valence-corrected chi connectivity index (χ2v) is 2.65. The van der Waals surface area contributed by atoms with Crippen LogP contribution in [0.25, 0.3) is 0 Å². The minimum Gasteiger partial charge on any atom is -0.508 e. The highest BCUT2D eigenvalue weighted by atomic mass is 16.5. The molecule has 0 aromatic heterocycles. The molecule has 11 heavy (non-hydrogen) atoms. The number of ether oxygens (including phenoxy) is 1. The zero-order chi connectivity index (χ0) is 8.43. The summed E-state index contributed by atoms with van der Waals surface area (Å²) in [5.41, 5.74) is 0. The van der Waals surface area contributed by atoms with Crippen LogP contribution in [0, 0.1) is 5.92 Å². The van der Waals surface area contributed by atoms with Crippen molar-refractivity contribution in [2.24, 2.45) is 5.92 Å². The molecule has 1 aliphatic heterocycles. The summed E-state index contributed by atoms with van der Waals surface area (Å²) in [5.74, 6) is -0.536. The Kier molecular flexibility index (Phi) is 2.36. The van der Waals surface area contributed by atoms with Crippen LogP contribution in [0.3, 0.4) is 0 Å². The Morgan fingerprint density at radius 1 is 1.55 bits per heavy atom. The molecule has 0 bridgehead atoms. The van der Waals surface area contributed by atoms with Gasteiger partial charge in [-0.3, -0.25) is 0 Å². The van der Waals surface area contributed by atoms with Gasteiger partial charge in [0.25, 0.3) is 0 Å². The number of rotatable bonds is 1. The molecule has 1 rings (SSSR count). The highest BCUT2D eigenvalue weighted by Gasteiger charge is 2.28. The Hall–Kier alpha value is -0.740. The highest BCUT2D eigenvalue weighted by Crippen LogP contribution is 2.22. The summed E-state index contributed by atoms with van der Waals surface area (Å²) in [5, 5.41) is 26.9. The van der Waals surface area contributed by atoms with Crippen LogP contribution in [0.4, 0.5) is 0 Å². The maximum absolute atomic E-state index is 9.19. The third-order valence-electron chi connectivity index (χ3n) is 1.90. The molecule has 4 nitrogen and oxygen atoms in total. The standard InChI is InChI=1S/C7H12O4/c1-4-6(2-8)11-3-5(9)7(4)10/h4,6,8-10H,2-3H2,1H3/t4-,6-/m1/s1. The van der Waals surface area contributed by atoms with Crippen molar-refractivity contribution >= 4 is 0 Å². The van der Waals surface area contributed by atoms with Gasteiger partial charge in [-0.05, 0) is 0 Å². The Morgan fingerprint density at radius 3 is 2.73 bits per heavy atom. The predicted molar refractivity (Wildman–Crippen MR) is 38.3 cm³/mol. The third kappa shape index (κ3) is 1.46. The Labute approximate surface area is 64.7 Å². The van der Waals surface area contributed by atoms with Crippen molar-refractivity contribution < 1.29 is 20.1 Å². The molecule has 0 saturated carbocycles. The Morgan fingerprint density at radius 2 is 2.18 bits per heavy atom. The summed E-state index contributed by atoms with van der Waals surface area (Å²) >= 11 is 0. The van der Waals surface area contributed by atoms with Gasteiger partial charge in [-0.1, -0.05) is 6.92 Å². The molecular formula is C7H12O4. The van der Waals surface area contributed by atoms with Crippen molar-refractivity contribution in [2.45, 2.75) is 13.0 Å². The van der Waals surface area contributed by atoms with Crippen molar-refractivity contribution in [2.75, 3.05) is 13.2 Å². The van der Waals surface area contributed by atoms with E-state index in [-0.39, 0.29) is 30.6 Å². The number of hydrogen-bond acceptors (Lipinski definition) is 4. The number of hydrogen-bond donors (Lipinski definition) is 3. The van der Waals surface area contributed by atoms with Crippen LogP contribution in [0.5, 0.6) is 0 Å². The van der Waals surface area contributed by atoms with Crippen molar-refractivity contribution in [3.8, 4) is 0 Å². The quantitative estimate of drug-likeness (QED) is 0.517. The lowest BCUT2D eigenvalue weighted by Crippen LogP contribution is -2.33. The van der Waals surface area contributed by atoms with Gasteiger partial charge in [-0.25, -0.2) is 0 Å². The van der Waals surface area contributed by atoms with Gasteiger partial charge in [0.15, 0.2) is 5.76 Å². The van der Waals surface area contributed by atoms with E-state index in [1.165, 1.54) is 0 Å². The first-order chi connectivity index (χ1) is 5.16. The fourth-order valence-electron chi connectivity index (χ4n) is 1.05.